The van der Waals surface area contributed by atoms with Crippen LogP contribution in [-0.2, 0) is 4.79 Å². The van der Waals surface area contributed by atoms with Gasteiger partial charge in [-0.05, 0) is 33.1 Å². The molecule has 1 aliphatic carbocycles. The molecule has 1 aliphatic heterocycles. The number of nitrogens with zero attached hydrogens (tertiary/aromatic N) is 1. The number of carbonyl (C=O) groups is 2. The first-order chi connectivity index (χ1) is 9.97. The van der Waals surface area contributed by atoms with Gasteiger partial charge in [0.15, 0.2) is 5.76 Å². The van der Waals surface area contributed by atoms with E-state index in [-0.39, 0.29) is 17.5 Å². The largest absolute Gasteiger partial charge is 0.359 e. The zero-order chi connectivity index (χ0) is 15.0. The predicted molar refractivity (Wildman–Crippen MR) is 76.0 cm³/mol. The van der Waals surface area contributed by atoms with Gasteiger partial charge in [-0.1, -0.05) is 5.16 Å². The molecule has 0 spiro atoms. The van der Waals surface area contributed by atoms with Crippen molar-refractivity contribution in [1.29, 1.82) is 0 Å². The van der Waals surface area contributed by atoms with Gasteiger partial charge in [-0.2, -0.15) is 0 Å². The summed E-state index contributed by atoms with van der Waals surface area (Å²) in [6, 6.07) is -0.300. The smallest absolute Gasteiger partial charge is 0.319 e. The van der Waals surface area contributed by atoms with Crippen LogP contribution in [0.2, 0.25) is 0 Å². The molecule has 1 saturated heterocycles. The Hall–Kier alpha value is -2.05. The SMILES string of the molecule is Cc1noc(C2CC2)c1NC(=O)NCC1(C)CCC(=O)N1. The molecule has 2 heterocycles. The van der Waals surface area contributed by atoms with Crippen molar-refractivity contribution in [3.8, 4) is 0 Å². The molecule has 2 aliphatic rings. The summed E-state index contributed by atoms with van der Waals surface area (Å²) in [6.07, 6.45) is 3.40. The summed E-state index contributed by atoms with van der Waals surface area (Å²) < 4.78 is 5.28. The summed E-state index contributed by atoms with van der Waals surface area (Å²) in [5.74, 6) is 1.18. The Morgan fingerprint density at radius 1 is 1.52 bits per heavy atom. The van der Waals surface area contributed by atoms with Crippen LogP contribution in [0.25, 0.3) is 0 Å². The Bertz CT molecular complexity index is 579. The van der Waals surface area contributed by atoms with Crippen molar-refractivity contribution in [2.75, 3.05) is 11.9 Å². The van der Waals surface area contributed by atoms with Gasteiger partial charge >= 0.3 is 6.03 Å². The standard InChI is InChI=1S/C14H20N4O3/c1-8-11(12(21-18-8)9-3-4-9)16-13(20)15-7-14(2)6-5-10(19)17-14/h9H,3-7H2,1-2H3,(H,17,19)(H2,15,16,20). The van der Waals surface area contributed by atoms with Crippen LogP contribution >= 0.6 is 0 Å². The molecule has 0 aromatic carbocycles. The quantitative estimate of drug-likeness (QED) is 0.786. The van der Waals surface area contributed by atoms with Crippen LogP contribution in [0.3, 0.4) is 0 Å². The second kappa shape index (κ2) is 5.05. The minimum Gasteiger partial charge on any atom is -0.359 e. The van der Waals surface area contributed by atoms with Gasteiger partial charge in [0.25, 0.3) is 0 Å². The van der Waals surface area contributed by atoms with E-state index in [1.54, 1.807) is 0 Å². The lowest BCUT2D eigenvalue weighted by atomic mass is 10.0. The van der Waals surface area contributed by atoms with E-state index >= 15 is 0 Å². The van der Waals surface area contributed by atoms with Crippen molar-refractivity contribution >= 4 is 17.6 Å². The first-order valence-corrected chi connectivity index (χ1v) is 7.29. The Labute approximate surface area is 122 Å². The summed E-state index contributed by atoms with van der Waals surface area (Å²) in [4.78, 5) is 23.3. The molecule has 1 aromatic rings. The van der Waals surface area contributed by atoms with Crippen molar-refractivity contribution in [2.45, 2.75) is 51.0 Å². The molecule has 3 amide bonds. The Kier molecular flexibility index (Phi) is 3.35. The second-order valence-corrected chi connectivity index (χ2v) is 6.20. The highest BCUT2D eigenvalue weighted by molar-refractivity contribution is 5.90. The van der Waals surface area contributed by atoms with E-state index in [2.05, 4.69) is 21.1 Å². The summed E-state index contributed by atoms with van der Waals surface area (Å²) in [5.41, 5.74) is 1.00. The van der Waals surface area contributed by atoms with Crippen molar-refractivity contribution < 1.29 is 14.1 Å². The number of anilines is 1. The van der Waals surface area contributed by atoms with E-state index in [0.717, 1.165) is 25.0 Å². The van der Waals surface area contributed by atoms with E-state index in [1.165, 1.54) is 0 Å². The normalized spacial score (nSPS) is 24.8. The average molecular weight is 292 g/mol. The van der Waals surface area contributed by atoms with Gasteiger partial charge in [-0.25, -0.2) is 4.79 Å². The van der Waals surface area contributed by atoms with Gasteiger partial charge in [0, 0.05) is 18.9 Å². The molecule has 7 nitrogen and oxygen atoms in total. The fourth-order valence-electron chi connectivity index (χ4n) is 2.58. The van der Waals surface area contributed by atoms with Gasteiger partial charge in [0.05, 0.1) is 5.54 Å². The van der Waals surface area contributed by atoms with Crippen molar-refractivity contribution in [2.24, 2.45) is 0 Å². The maximum Gasteiger partial charge on any atom is 0.319 e. The Morgan fingerprint density at radius 3 is 2.90 bits per heavy atom. The third-order valence-corrected chi connectivity index (χ3v) is 4.06. The van der Waals surface area contributed by atoms with Crippen molar-refractivity contribution in [1.82, 2.24) is 15.8 Å². The fourth-order valence-corrected chi connectivity index (χ4v) is 2.58. The molecule has 1 saturated carbocycles. The van der Waals surface area contributed by atoms with Crippen molar-refractivity contribution in [3.05, 3.63) is 11.5 Å². The highest BCUT2D eigenvalue weighted by Crippen LogP contribution is 2.44. The summed E-state index contributed by atoms with van der Waals surface area (Å²) >= 11 is 0. The highest BCUT2D eigenvalue weighted by atomic mass is 16.5. The third kappa shape index (κ3) is 3.01. The number of aryl methyl sites for hydroxylation is 1. The zero-order valence-electron chi connectivity index (χ0n) is 12.3. The number of hydrogen-bond donors (Lipinski definition) is 3. The molecule has 7 heteroatoms. The Morgan fingerprint density at radius 2 is 2.29 bits per heavy atom. The van der Waals surface area contributed by atoms with Crippen LogP contribution in [0.4, 0.5) is 10.5 Å². The van der Waals surface area contributed by atoms with E-state index in [4.69, 9.17) is 4.52 Å². The number of rotatable bonds is 4. The molecular weight excluding hydrogens is 272 g/mol. The lowest BCUT2D eigenvalue weighted by Gasteiger charge is -2.24. The maximum atomic E-state index is 12.0. The lowest BCUT2D eigenvalue weighted by Crippen LogP contribution is -2.49. The van der Waals surface area contributed by atoms with Gasteiger partial charge in [0.2, 0.25) is 5.91 Å². The van der Waals surface area contributed by atoms with Crippen molar-refractivity contribution in [3.63, 3.8) is 0 Å². The zero-order valence-corrected chi connectivity index (χ0v) is 12.3. The third-order valence-electron chi connectivity index (χ3n) is 4.06. The molecule has 21 heavy (non-hydrogen) atoms. The number of aromatic nitrogens is 1. The number of urea groups is 1. The van der Waals surface area contributed by atoms with Crippen LogP contribution < -0.4 is 16.0 Å². The fraction of sp³-hybridized carbons (Fsp3) is 0.643. The molecule has 2 fully saturated rings. The lowest BCUT2D eigenvalue weighted by molar-refractivity contribution is -0.119. The monoisotopic (exact) mass is 292 g/mol. The van der Waals surface area contributed by atoms with Crippen LogP contribution in [0, 0.1) is 6.92 Å². The summed E-state index contributed by atoms with van der Waals surface area (Å²) in [6.45, 7) is 4.13. The van der Waals surface area contributed by atoms with E-state index in [0.29, 0.717) is 30.3 Å². The average Bonchev–Trinajstić information content (AvgIpc) is 3.13. The molecule has 114 valence electrons. The molecular formula is C14H20N4O3. The first-order valence-electron chi connectivity index (χ1n) is 7.29. The number of carbonyl (C=O) groups excluding carboxylic acids is 2. The van der Waals surface area contributed by atoms with Crippen LogP contribution in [0.15, 0.2) is 4.52 Å². The topological polar surface area (TPSA) is 96.3 Å². The maximum absolute atomic E-state index is 12.0. The molecule has 1 aromatic heterocycles. The minimum atomic E-state index is -0.364. The summed E-state index contributed by atoms with van der Waals surface area (Å²) in [5, 5.41) is 12.4. The minimum absolute atomic E-state index is 0.0330. The second-order valence-electron chi connectivity index (χ2n) is 6.20. The van der Waals surface area contributed by atoms with Crippen LogP contribution in [-0.4, -0.2) is 29.2 Å². The van der Waals surface area contributed by atoms with Crippen LogP contribution in [0.1, 0.15) is 50.0 Å². The molecule has 0 radical (unpaired) electrons. The van der Waals surface area contributed by atoms with Gasteiger partial charge in [-0.15, -0.1) is 0 Å². The predicted octanol–water partition coefficient (Wildman–Crippen LogP) is 1.65. The van der Waals surface area contributed by atoms with E-state index < -0.39 is 0 Å². The van der Waals surface area contributed by atoms with Gasteiger partial charge in [0.1, 0.15) is 11.4 Å². The highest BCUT2D eigenvalue weighted by Gasteiger charge is 2.34. The van der Waals surface area contributed by atoms with Gasteiger partial charge < -0.3 is 20.5 Å². The number of nitrogens with one attached hydrogen (secondary N) is 3. The molecule has 1 atom stereocenters. The number of amides is 3. The van der Waals surface area contributed by atoms with Gasteiger partial charge in [-0.3, -0.25) is 4.79 Å². The molecule has 0 bridgehead atoms. The molecule has 1 unspecified atom stereocenters. The van der Waals surface area contributed by atoms with Crippen LogP contribution in [0.5, 0.6) is 0 Å². The first kappa shape index (κ1) is 13.9. The van der Waals surface area contributed by atoms with E-state index in [9.17, 15) is 9.59 Å². The summed E-state index contributed by atoms with van der Waals surface area (Å²) in [7, 11) is 0. The van der Waals surface area contributed by atoms with E-state index in [1.807, 2.05) is 13.8 Å². The molecule has 3 rings (SSSR count). The Balaban J connectivity index is 1.57. The number of hydrogen-bond acceptors (Lipinski definition) is 4. The molecule has 3 N–H and O–H groups in total.